The monoisotopic (exact) mass is 336 g/mol. The van der Waals surface area contributed by atoms with Crippen molar-refractivity contribution in [3.8, 4) is 0 Å². The summed E-state index contributed by atoms with van der Waals surface area (Å²) in [6, 6.07) is 3.09. The maximum absolute atomic E-state index is 13.8. The van der Waals surface area contributed by atoms with E-state index in [0.29, 0.717) is 31.0 Å². The number of nitrogens with one attached hydrogen (secondary N) is 2. The van der Waals surface area contributed by atoms with Gasteiger partial charge in [0.15, 0.2) is 0 Å². The molecule has 1 atom stereocenters. The molecule has 0 aliphatic carbocycles. The average molecular weight is 336 g/mol. The van der Waals surface area contributed by atoms with Crippen molar-refractivity contribution in [2.24, 2.45) is 7.05 Å². The van der Waals surface area contributed by atoms with Crippen LogP contribution in [0.5, 0.6) is 0 Å². The molecule has 9 heteroatoms. The van der Waals surface area contributed by atoms with Gasteiger partial charge in [0.05, 0.1) is 12.2 Å². The van der Waals surface area contributed by atoms with Gasteiger partial charge in [-0.15, -0.1) is 0 Å². The highest BCUT2D eigenvalue weighted by Gasteiger charge is 2.25. The van der Waals surface area contributed by atoms with Gasteiger partial charge in [-0.2, -0.15) is 5.10 Å². The van der Waals surface area contributed by atoms with Crippen LogP contribution in [-0.2, 0) is 13.6 Å². The number of halogens is 2. The Morgan fingerprint density at radius 3 is 2.96 bits per heavy atom. The van der Waals surface area contributed by atoms with Crippen molar-refractivity contribution >= 4 is 11.7 Å². The van der Waals surface area contributed by atoms with Crippen LogP contribution in [0.1, 0.15) is 12.2 Å². The molecule has 1 aliphatic rings. The van der Waals surface area contributed by atoms with E-state index in [4.69, 9.17) is 0 Å². The lowest BCUT2D eigenvalue weighted by atomic mass is 10.2. The van der Waals surface area contributed by atoms with Gasteiger partial charge in [-0.3, -0.25) is 4.68 Å². The first kappa shape index (κ1) is 16.2. The smallest absolute Gasteiger partial charge is 0.315 e. The van der Waals surface area contributed by atoms with Gasteiger partial charge in [0.25, 0.3) is 0 Å². The van der Waals surface area contributed by atoms with E-state index in [9.17, 15) is 13.6 Å². The Kier molecular flexibility index (Phi) is 4.59. The number of benzene rings is 1. The second-order valence-electron chi connectivity index (χ2n) is 5.65. The van der Waals surface area contributed by atoms with Crippen LogP contribution in [0.15, 0.2) is 24.5 Å². The van der Waals surface area contributed by atoms with Gasteiger partial charge in [-0.1, -0.05) is 0 Å². The largest absolute Gasteiger partial charge is 0.367 e. The highest BCUT2D eigenvalue weighted by Crippen LogP contribution is 2.24. The lowest BCUT2D eigenvalue weighted by molar-refractivity contribution is 0.237. The van der Waals surface area contributed by atoms with Gasteiger partial charge in [0, 0.05) is 32.2 Å². The van der Waals surface area contributed by atoms with E-state index >= 15 is 0 Å². The summed E-state index contributed by atoms with van der Waals surface area (Å²) >= 11 is 0. The zero-order valence-electron chi connectivity index (χ0n) is 13.2. The van der Waals surface area contributed by atoms with E-state index in [1.165, 1.54) is 18.5 Å². The van der Waals surface area contributed by atoms with Gasteiger partial charge >= 0.3 is 6.03 Å². The lowest BCUT2D eigenvalue weighted by Gasteiger charge is -2.19. The first-order valence-corrected chi connectivity index (χ1v) is 7.60. The van der Waals surface area contributed by atoms with Crippen LogP contribution >= 0.6 is 0 Å². The number of hydrogen-bond donors (Lipinski definition) is 2. The molecule has 2 N–H and O–H groups in total. The molecule has 1 saturated heterocycles. The average Bonchev–Trinajstić information content (AvgIpc) is 3.14. The Morgan fingerprint density at radius 2 is 2.25 bits per heavy atom. The van der Waals surface area contributed by atoms with Gasteiger partial charge in [0.2, 0.25) is 0 Å². The van der Waals surface area contributed by atoms with Crippen LogP contribution in [0.2, 0.25) is 0 Å². The SMILES string of the molecule is Cn1ncnc1CNC(=O)NC1CCN(c2ccc(F)cc2F)C1. The Bertz CT molecular complexity index is 735. The first-order valence-electron chi connectivity index (χ1n) is 7.60. The van der Waals surface area contributed by atoms with Crippen molar-refractivity contribution in [2.75, 3.05) is 18.0 Å². The molecule has 2 amide bonds. The molecule has 1 aromatic heterocycles. The highest BCUT2D eigenvalue weighted by molar-refractivity contribution is 5.74. The van der Waals surface area contributed by atoms with Crippen LogP contribution in [0, 0.1) is 11.6 Å². The number of carbonyl (C=O) groups excluding carboxylic acids is 1. The van der Waals surface area contributed by atoms with E-state index in [2.05, 4.69) is 20.7 Å². The summed E-state index contributed by atoms with van der Waals surface area (Å²) in [5.41, 5.74) is 0.347. The molecule has 1 aromatic carbocycles. The molecule has 7 nitrogen and oxygen atoms in total. The quantitative estimate of drug-likeness (QED) is 0.879. The number of hydrogen-bond acceptors (Lipinski definition) is 4. The van der Waals surface area contributed by atoms with E-state index in [1.807, 2.05) is 0 Å². The fraction of sp³-hybridized carbons (Fsp3) is 0.400. The van der Waals surface area contributed by atoms with E-state index in [1.54, 1.807) is 16.6 Å². The maximum Gasteiger partial charge on any atom is 0.315 e. The number of urea groups is 1. The normalized spacial score (nSPS) is 17.1. The van der Waals surface area contributed by atoms with Crippen molar-refractivity contribution in [1.29, 1.82) is 0 Å². The fourth-order valence-electron chi connectivity index (χ4n) is 2.71. The number of anilines is 1. The predicted octanol–water partition coefficient (Wildman–Crippen LogP) is 1.17. The number of rotatable bonds is 4. The number of carbonyl (C=O) groups is 1. The molecule has 0 spiro atoms. The van der Waals surface area contributed by atoms with E-state index in [0.717, 1.165) is 6.07 Å². The third-order valence-electron chi connectivity index (χ3n) is 3.99. The molecule has 0 saturated carbocycles. The summed E-state index contributed by atoms with van der Waals surface area (Å²) in [5, 5.41) is 9.48. The molecule has 2 aromatic rings. The predicted molar refractivity (Wildman–Crippen MR) is 83.4 cm³/mol. The standard InChI is InChI=1S/C15H18F2N6O/c1-22-14(19-9-20-22)7-18-15(24)21-11-4-5-23(8-11)13-3-2-10(16)6-12(13)17/h2-3,6,9,11H,4-5,7-8H2,1H3,(H2,18,21,24). The Balaban J connectivity index is 1.50. The second kappa shape index (κ2) is 6.81. The molecule has 0 bridgehead atoms. The zero-order chi connectivity index (χ0) is 17.1. The second-order valence-corrected chi connectivity index (χ2v) is 5.65. The lowest BCUT2D eigenvalue weighted by Crippen LogP contribution is -2.43. The van der Waals surface area contributed by atoms with Gasteiger partial charge in [0.1, 0.15) is 23.8 Å². The Hall–Kier alpha value is -2.71. The summed E-state index contributed by atoms with van der Waals surface area (Å²) in [6.07, 6.45) is 2.11. The molecule has 1 aliphatic heterocycles. The summed E-state index contributed by atoms with van der Waals surface area (Å²) in [5.74, 6) is -0.553. The van der Waals surface area contributed by atoms with Gasteiger partial charge in [-0.05, 0) is 18.6 Å². The van der Waals surface area contributed by atoms with Crippen molar-refractivity contribution in [3.63, 3.8) is 0 Å². The molecule has 2 heterocycles. The van der Waals surface area contributed by atoms with Crippen LogP contribution < -0.4 is 15.5 Å². The summed E-state index contributed by atoms with van der Waals surface area (Å²) in [6.45, 7) is 1.34. The van der Waals surface area contributed by atoms with Gasteiger partial charge in [-0.25, -0.2) is 18.6 Å². The Morgan fingerprint density at radius 1 is 1.42 bits per heavy atom. The topological polar surface area (TPSA) is 75.1 Å². The minimum absolute atomic E-state index is 0.103. The van der Waals surface area contributed by atoms with Crippen LogP contribution in [0.25, 0.3) is 0 Å². The third kappa shape index (κ3) is 3.61. The zero-order valence-corrected chi connectivity index (χ0v) is 13.2. The molecular formula is C15H18F2N6O. The number of amides is 2. The fourth-order valence-corrected chi connectivity index (χ4v) is 2.71. The molecule has 24 heavy (non-hydrogen) atoms. The molecule has 3 rings (SSSR count). The van der Waals surface area contributed by atoms with E-state index < -0.39 is 11.6 Å². The number of aryl methyl sites for hydroxylation is 1. The Labute approximate surface area is 137 Å². The van der Waals surface area contributed by atoms with Crippen molar-refractivity contribution in [2.45, 2.75) is 19.0 Å². The summed E-state index contributed by atoms with van der Waals surface area (Å²) in [4.78, 5) is 17.7. The summed E-state index contributed by atoms with van der Waals surface area (Å²) in [7, 11) is 1.74. The van der Waals surface area contributed by atoms with Crippen LogP contribution in [0.3, 0.4) is 0 Å². The molecular weight excluding hydrogens is 318 g/mol. The minimum Gasteiger partial charge on any atom is -0.367 e. The van der Waals surface area contributed by atoms with Crippen molar-refractivity contribution in [1.82, 2.24) is 25.4 Å². The molecule has 1 unspecified atom stereocenters. The van der Waals surface area contributed by atoms with Crippen LogP contribution in [-0.4, -0.2) is 39.9 Å². The molecule has 1 fully saturated rings. The maximum atomic E-state index is 13.8. The highest BCUT2D eigenvalue weighted by atomic mass is 19.1. The number of aromatic nitrogens is 3. The number of nitrogens with zero attached hydrogens (tertiary/aromatic N) is 4. The first-order chi connectivity index (χ1) is 11.5. The molecule has 0 radical (unpaired) electrons. The van der Waals surface area contributed by atoms with E-state index in [-0.39, 0.29) is 18.6 Å². The van der Waals surface area contributed by atoms with Crippen molar-refractivity contribution in [3.05, 3.63) is 42.0 Å². The molecule has 128 valence electrons. The minimum atomic E-state index is -0.603. The van der Waals surface area contributed by atoms with Crippen LogP contribution in [0.4, 0.5) is 19.3 Å². The van der Waals surface area contributed by atoms with Crippen molar-refractivity contribution < 1.29 is 13.6 Å². The summed E-state index contributed by atoms with van der Waals surface area (Å²) < 4.78 is 28.4. The third-order valence-corrected chi connectivity index (χ3v) is 3.99. The van der Waals surface area contributed by atoms with Gasteiger partial charge < -0.3 is 15.5 Å².